The topological polar surface area (TPSA) is 83.1 Å². The molecule has 2 saturated heterocycles. The molecule has 394 valence electrons. The summed E-state index contributed by atoms with van der Waals surface area (Å²) in [4.78, 5) is 0. The largest absolute Gasteiger partial charge is 0.414 e. The van der Waals surface area contributed by atoms with Crippen LogP contribution >= 0.6 is 11.8 Å². The fourth-order valence-corrected chi connectivity index (χ4v) is 15.0. The molecule has 10 atom stereocenters. The van der Waals surface area contributed by atoms with Crippen molar-refractivity contribution < 1.29 is 40.8 Å². The van der Waals surface area contributed by atoms with Crippen LogP contribution in [0.3, 0.4) is 0 Å². The SMILES string of the molecule is CCS[C@@H]1O[C@H](CO[Si](C)(C)C(C)(C)C)[C@@H](O[Si](C)(C)C(C)(C)C)[C@H](O[Si](C)(C)C(C)(C)C)[C@H]1O[C@@H]1O[C@@H](C)[C@H](O[Si](C)(C)C(C)(C)C)[C@@H](O[Si](C)(C)C(C)(C)C)[C@H]1O[Si](C)(C)C(C)(C)C. The zero-order chi connectivity index (χ0) is 52.3. The van der Waals surface area contributed by atoms with Gasteiger partial charge in [-0.05, 0) is 121 Å². The van der Waals surface area contributed by atoms with Gasteiger partial charge in [0.05, 0.1) is 18.8 Å². The molecule has 0 aromatic rings. The maximum Gasteiger partial charge on any atom is 0.192 e. The molecule has 2 heterocycles. The minimum Gasteiger partial charge on any atom is -0.414 e. The molecule has 16 heteroatoms. The standard InChI is InChI=1S/C50H110O9SSi6/c1-33-60-44-42(40(58-65(29,30)49(15,16)17)38(56-63(25,26)47(9,10)11)36(53-44)34-51-61(21,22)45(3,4)5)54-43-41(59-66(31,32)50(18,19)20)39(57-64(27,28)48(12,13)14)37(35(2)52-43)55-62(23,24)46(6,7)8/h35-44H,33-34H2,1-32H3/t35-,36+,37-,38+,39+,40-,41+,42+,43-,44-/m0/s1. The van der Waals surface area contributed by atoms with E-state index in [4.69, 9.17) is 40.8 Å². The monoisotopic (exact) mass is 1050 g/mol. The first-order valence-corrected chi connectivity index (χ1v) is 44.0. The number of ether oxygens (including phenoxy) is 3. The average molecular weight is 1060 g/mol. The summed E-state index contributed by atoms with van der Waals surface area (Å²) in [7, 11) is -14.4. The Hall–Kier alpha value is 1.29. The van der Waals surface area contributed by atoms with Gasteiger partial charge in [-0.15, -0.1) is 11.8 Å². The Morgan fingerprint density at radius 1 is 0.394 bits per heavy atom. The molecule has 0 aromatic heterocycles. The Morgan fingerprint density at radius 2 is 0.697 bits per heavy atom. The van der Waals surface area contributed by atoms with Gasteiger partial charge in [0.2, 0.25) is 0 Å². The van der Waals surface area contributed by atoms with Crippen LogP contribution in [-0.2, 0) is 40.8 Å². The third kappa shape index (κ3) is 15.2. The number of hydrogen-bond donors (Lipinski definition) is 0. The molecule has 0 aromatic carbocycles. The van der Waals surface area contributed by atoms with E-state index in [1.807, 2.05) is 0 Å². The van der Waals surface area contributed by atoms with E-state index in [0.29, 0.717) is 6.61 Å². The molecule has 2 aliphatic heterocycles. The highest BCUT2D eigenvalue weighted by Gasteiger charge is 2.60. The van der Waals surface area contributed by atoms with Crippen molar-refractivity contribution in [3.8, 4) is 0 Å². The van der Waals surface area contributed by atoms with Gasteiger partial charge in [0.25, 0.3) is 0 Å². The predicted octanol–water partition coefficient (Wildman–Crippen LogP) is 15.6. The zero-order valence-electron chi connectivity index (χ0n) is 49.3. The molecular formula is C50H110O9SSi6. The summed E-state index contributed by atoms with van der Waals surface area (Å²) in [6, 6.07) is 0. The van der Waals surface area contributed by atoms with Crippen LogP contribution in [0.2, 0.25) is 109 Å². The van der Waals surface area contributed by atoms with Crippen LogP contribution in [0.5, 0.6) is 0 Å². The van der Waals surface area contributed by atoms with Crippen LogP contribution in [0.1, 0.15) is 138 Å². The lowest BCUT2D eigenvalue weighted by atomic mass is 9.98. The predicted molar refractivity (Wildman–Crippen MR) is 299 cm³/mol. The second-order valence-electron chi connectivity index (χ2n) is 29.1. The first-order valence-electron chi connectivity index (χ1n) is 25.5. The molecule has 0 saturated carbocycles. The van der Waals surface area contributed by atoms with Crippen molar-refractivity contribution >= 4 is 61.7 Å². The van der Waals surface area contributed by atoms with Crippen LogP contribution in [-0.4, -0.2) is 123 Å². The first-order chi connectivity index (χ1) is 28.9. The summed E-state index contributed by atoms with van der Waals surface area (Å²) in [5.41, 5.74) is -0.398. The molecule has 0 unspecified atom stereocenters. The molecule has 0 aliphatic carbocycles. The molecular weight excluding hydrogens is 945 g/mol. The maximum absolute atomic E-state index is 7.81. The fourth-order valence-electron chi connectivity index (χ4n) is 6.48. The lowest BCUT2D eigenvalue weighted by Gasteiger charge is -2.56. The molecule has 0 spiro atoms. The van der Waals surface area contributed by atoms with Crippen LogP contribution in [0.15, 0.2) is 0 Å². The normalized spacial score (nSPS) is 29.1. The number of thioether (sulfide) groups is 1. The Bertz CT molecular complexity index is 1550. The van der Waals surface area contributed by atoms with E-state index in [1.165, 1.54) is 0 Å². The summed E-state index contributed by atoms with van der Waals surface area (Å²) in [5.74, 6) is 0.826. The van der Waals surface area contributed by atoms with Crippen LogP contribution < -0.4 is 0 Å². The molecule has 66 heavy (non-hydrogen) atoms. The maximum atomic E-state index is 7.81. The van der Waals surface area contributed by atoms with Gasteiger partial charge in [-0.1, -0.05) is 132 Å². The molecule has 9 nitrogen and oxygen atoms in total. The molecule has 0 N–H and O–H groups in total. The Labute approximate surface area is 420 Å². The van der Waals surface area contributed by atoms with E-state index in [-0.39, 0.29) is 48.5 Å². The Morgan fingerprint density at radius 3 is 1.03 bits per heavy atom. The quantitative estimate of drug-likeness (QED) is 0.131. The summed E-state index contributed by atoms with van der Waals surface area (Å²) in [6.45, 7) is 74.3. The van der Waals surface area contributed by atoms with Gasteiger partial charge in [0, 0.05) is 0 Å². The van der Waals surface area contributed by atoms with Gasteiger partial charge >= 0.3 is 0 Å². The third-order valence-corrected chi connectivity index (χ3v) is 45.5. The zero-order valence-corrected chi connectivity index (χ0v) is 56.1. The Kier molecular flexibility index (Phi) is 20.4. The smallest absolute Gasteiger partial charge is 0.192 e. The van der Waals surface area contributed by atoms with Crippen molar-refractivity contribution in [2.24, 2.45) is 0 Å². The van der Waals surface area contributed by atoms with Crippen molar-refractivity contribution in [2.45, 2.75) is 308 Å². The van der Waals surface area contributed by atoms with Crippen LogP contribution in [0, 0.1) is 0 Å². The van der Waals surface area contributed by atoms with Gasteiger partial charge < -0.3 is 40.8 Å². The summed E-state index contributed by atoms with van der Waals surface area (Å²) >= 11 is 1.77. The van der Waals surface area contributed by atoms with Crippen molar-refractivity contribution in [1.82, 2.24) is 0 Å². The molecule has 2 rings (SSSR count). The number of hydrogen-bond acceptors (Lipinski definition) is 10. The van der Waals surface area contributed by atoms with E-state index >= 15 is 0 Å². The van der Waals surface area contributed by atoms with Gasteiger partial charge in [0.1, 0.15) is 42.1 Å². The van der Waals surface area contributed by atoms with Gasteiger partial charge in [-0.25, -0.2) is 0 Å². The molecule has 0 radical (unpaired) electrons. The van der Waals surface area contributed by atoms with E-state index in [2.05, 4.69) is 217 Å². The first kappa shape index (κ1) is 63.4. The van der Waals surface area contributed by atoms with E-state index in [0.717, 1.165) is 5.75 Å². The molecule has 2 fully saturated rings. The third-order valence-electron chi connectivity index (χ3n) is 17.5. The van der Waals surface area contributed by atoms with Crippen molar-refractivity contribution in [3.05, 3.63) is 0 Å². The van der Waals surface area contributed by atoms with Gasteiger partial charge in [-0.2, -0.15) is 0 Å². The molecule has 0 bridgehead atoms. The summed E-state index contributed by atoms with van der Waals surface area (Å²) < 4.78 is 68.0. The van der Waals surface area contributed by atoms with Crippen LogP contribution in [0.4, 0.5) is 0 Å². The molecule has 0 amide bonds. The fraction of sp³-hybridized carbons (Fsp3) is 1.00. The highest BCUT2D eigenvalue weighted by molar-refractivity contribution is 7.99. The van der Waals surface area contributed by atoms with E-state index in [9.17, 15) is 0 Å². The lowest BCUT2D eigenvalue weighted by molar-refractivity contribution is -0.321. The lowest BCUT2D eigenvalue weighted by Crippen LogP contribution is -2.70. The minimum atomic E-state index is -2.51. The van der Waals surface area contributed by atoms with E-state index in [1.54, 1.807) is 11.8 Å². The van der Waals surface area contributed by atoms with E-state index < -0.39 is 92.2 Å². The summed E-state index contributed by atoms with van der Waals surface area (Å²) in [5, 5.41) is -0.313. The van der Waals surface area contributed by atoms with Crippen molar-refractivity contribution in [2.75, 3.05) is 12.4 Å². The average Bonchev–Trinajstić information content (AvgIpc) is 3.06. The number of rotatable bonds is 17. The highest BCUT2D eigenvalue weighted by Crippen LogP contribution is 2.49. The van der Waals surface area contributed by atoms with Crippen molar-refractivity contribution in [3.63, 3.8) is 0 Å². The summed E-state index contributed by atoms with van der Waals surface area (Å²) in [6.07, 6.45) is -4.48. The Balaban J connectivity index is 3.13. The second kappa shape index (κ2) is 21.3. The molecule has 2 aliphatic rings. The van der Waals surface area contributed by atoms with Crippen LogP contribution in [0.25, 0.3) is 0 Å². The van der Waals surface area contributed by atoms with Gasteiger partial charge in [0.15, 0.2) is 56.2 Å². The van der Waals surface area contributed by atoms with Crippen molar-refractivity contribution in [1.29, 1.82) is 0 Å². The minimum absolute atomic E-state index is 0.0281. The second-order valence-corrected chi connectivity index (χ2v) is 59.1. The van der Waals surface area contributed by atoms with Gasteiger partial charge in [-0.3, -0.25) is 0 Å². The highest BCUT2D eigenvalue weighted by atomic mass is 32.2.